The van der Waals surface area contributed by atoms with Crippen molar-refractivity contribution in [2.75, 3.05) is 20.2 Å². The van der Waals surface area contributed by atoms with Gasteiger partial charge >= 0.3 is 7.75 Å². The van der Waals surface area contributed by atoms with Crippen LogP contribution in [0.5, 0.6) is 5.75 Å². The Labute approximate surface area is 142 Å². The Morgan fingerprint density at radius 3 is 2.58 bits per heavy atom. The van der Waals surface area contributed by atoms with E-state index in [1.165, 1.54) is 0 Å². The number of hydrogen-bond acceptors (Lipinski definition) is 5. The number of likely N-dealkylation sites (tertiary alicyclic amines) is 1. The fourth-order valence-electron chi connectivity index (χ4n) is 2.20. The molecule has 0 spiro atoms. The molecule has 8 heteroatoms. The first-order valence-electron chi connectivity index (χ1n) is 8.01. The van der Waals surface area contributed by atoms with E-state index in [2.05, 4.69) is 5.09 Å². The van der Waals surface area contributed by atoms with Crippen molar-refractivity contribution >= 4 is 13.7 Å². The van der Waals surface area contributed by atoms with E-state index in [-0.39, 0.29) is 18.4 Å². The predicted octanol–water partition coefficient (Wildman–Crippen LogP) is 2.03. The molecule has 0 aromatic heterocycles. The first kappa shape index (κ1) is 18.9. The zero-order valence-corrected chi connectivity index (χ0v) is 15.1. The van der Waals surface area contributed by atoms with Crippen LogP contribution in [0.15, 0.2) is 30.3 Å². The van der Waals surface area contributed by atoms with E-state index in [4.69, 9.17) is 9.05 Å². The topological polar surface area (TPSA) is 88.1 Å². The molecule has 1 aliphatic heterocycles. The van der Waals surface area contributed by atoms with Crippen LogP contribution >= 0.6 is 7.75 Å². The molecule has 1 saturated heterocycles. The molecule has 134 valence electrons. The van der Waals surface area contributed by atoms with E-state index in [9.17, 15) is 14.5 Å². The molecule has 1 heterocycles. The molecule has 0 saturated carbocycles. The van der Waals surface area contributed by atoms with Crippen LogP contribution in [0, 0.1) is 5.92 Å². The van der Waals surface area contributed by atoms with Gasteiger partial charge in [-0.25, -0.2) is 4.57 Å². The number of hydrogen-bond donors (Lipinski definition) is 2. The van der Waals surface area contributed by atoms with Crippen LogP contribution in [0.1, 0.15) is 20.3 Å². The Morgan fingerprint density at radius 2 is 2.04 bits per heavy atom. The summed E-state index contributed by atoms with van der Waals surface area (Å²) < 4.78 is 24.2. The zero-order chi connectivity index (χ0) is 17.7. The van der Waals surface area contributed by atoms with Gasteiger partial charge < -0.3 is 14.5 Å². The highest BCUT2D eigenvalue weighted by atomic mass is 31.2. The number of carbonyl (C=O) groups excluding carboxylic acids is 1. The lowest BCUT2D eigenvalue weighted by Gasteiger charge is -2.24. The minimum atomic E-state index is -3.76. The van der Waals surface area contributed by atoms with Crippen molar-refractivity contribution in [2.45, 2.75) is 32.4 Å². The molecule has 1 aromatic rings. The average molecular weight is 356 g/mol. The molecule has 0 aliphatic carbocycles. The van der Waals surface area contributed by atoms with Crippen LogP contribution in [0.2, 0.25) is 0 Å². The monoisotopic (exact) mass is 356 g/mol. The number of carbonyl (C=O) groups is 1. The van der Waals surface area contributed by atoms with Gasteiger partial charge in [0.05, 0.1) is 18.8 Å². The van der Waals surface area contributed by atoms with Gasteiger partial charge in [0.15, 0.2) is 0 Å². The zero-order valence-electron chi connectivity index (χ0n) is 14.2. The fourth-order valence-corrected chi connectivity index (χ4v) is 3.83. The van der Waals surface area contributed by atoms with Crippen molar-refractivity contribution in [1.82, 2.24) is 9.99 Å². The van der Waals surface area contributed by atoms with E-state index in [1.54, 1.807) is 50.1 Å². The van der Waals surface area contributed by atoms with Crippen LogP contribution in [0.3, 0.4) is 0 Å². The Balaban J connectivity index is 2.11. The summed E-state index contributed by atoms with van der Waals surface area (Å²) in [5, 5.41) is 12.3. The molecule has 2 rings (SSSR count). The van der Waals surface area contributed by atoms with Crippen LogP contribution in [0.4, 0.5) is 0 Å². The SMILES string of the molecule is CC(O)C(C)COP(=O)(NC1CCN(C)C1=O)Oc1ccccc1. The van der Waals surface area contributed by atoms with Gasteiger partial charge in [0, 0.05) is 19.5 Å². The summed E-state index contributed by atoms with van der Waals surface area (Å²) in [5.41, 5.74) is 0. The number of likely N-dealkylation sites (N-methyl/N-ethyl adjacent to an activating group) is 1. The molecule has 1 aliphatic rings. The third kappa shape index (κ3) is 5.05. The molecule has 0 radical (unpaired) electrons. The second kappa shape index (κ2) is 8.12. The van der Waals surface area contributed by atoms with Crippen molar-refractivity contribution in [1.29, 1.82) is 0 Å². The van der Waals surface area contributed by atoms with Gasteiger partial charge in [0.1, 0.15) is 5.75 Å². The molecule has 4 unspecified atom stereocenters. The summed E-state index contributed by atoms with van der Waals surface area (Å²) >= 11 is 0. The van der Waals surface area contributed by atoms with Crippen molar-refractivity contribution < 1.29 is 23.5 Å². The minimum Gasteiger partial charge on any atom is -0.413 e. The number of nitrogens with zero attached hydrogens (tertiary/aromatic N) is 1. The Bertz CT molecular complexity index is 595. The third-order valence-corrected chi connectivity index (χ3v) is 5.61. The molecule has 2 N–H and O–H groups in total. The number of para-hydroxylation sites is 1. The van der Waals surface area contributed by atoms with Crippen LogP contribution in [0.25, 0.3) is 0 Å². The lowest BCUT2D eigenvalue weighted by molar-refractivity contribution is -0.128. The van der Waals surface area contributed by atoms with Crippen molar-refractivity contribution in [3.63, 3.8) is 0 Å². The molecule has 7 nitrogen and oxygen atoms in total. The van der Waals surface area contributed by atoms with Crippen molar-refractivity contribution in [3.8, 4) is 5.75 Å². The smallest absolute Gasteiger partial charge is 0.413 e. The van der Waals surface area contributed by atoms with E-state index < -0.39 is 19.9 Å². The highest BCUT2D eigenvalue weighted by Crippen LogP contribution is 2.46. The highest BCUT2D eigenvalue weighted by Gasteiger charge is 2.38. The molecule has 1 aromatic carbocycles. The number of benzene rings is 1. The number of aliphatic hydroxyl groups is 1. The average Bonchev–Trinajstić information content (AvgIpc) is 2.85. The van der Waals surface area contributed by atoms with Gasteiger partial charge in [-0.2, -0.15) is 5.09 Å². The Kier molecular flexibility index (Phi) is 6.40. The maximum absolute atomic E-state index is 13.1. The predicted molar refractivity (Wildman–Crippen MR) is 90.7 cm³/mol. The van der Waals surface area contributed by atoms with Crippen molar-refractivity contribution in [3.05, 3.63) is 30.3 Å². The summed E-state index contributed by atoms with van der Waals surface area (Å²) in [6.07, 6.45) is -0.0679. The third-order valence-electron chi connectivity index (χ3n) is 4.04. The van der Waals surface area contributed by atoms with E-state index in [0.29, 0.717) is 18.7 Å². The Morgan fingerprint density at radius 1 is 1.38 bits per heavy atom. The molecular formula is C16H25N2O5P. The number of aliphatic hydroxyl groups excluding tert-OH is 1. The highest BCUT2D eigenvalue weighted by molar-refractivity contribution is 7.52. The number of amides is 1. The van der Waals surface area contributed by atoms with Crippen LogP contribution < -0.4 is 9.61 Å². The number of nitrogens with one attached hydrogen (secondary N) is 1. The van der Waals surface area contributed by atoms with Crippen LogP contribution in [-0.2, 0) is 13.9 Å². The standard InChI is InChI=1S/C16H25N2O5P/c1-12(13(2)19)11-22-24(21,23-14-7-5-4-6-8-14)17-15-9-10-18(3)16(15)20/h4-8,12-13,15,19H,9-11H2,1-3H3,(H,17,21). The maximum atomic E-state index is 13.1. The molecule has 1 amide bonds. The molecule has 1 fully saturated rings. The van der Waals surface area contributed by atoms with Gasteiger partial charge in [0.25, 0.3) is 0 Å². The summed E-state index contributed by atoms with van der Waals surface area (Å²) in [7, 11) is -2.06. The first-order chi connectivity index (χ1) is 11.3. The van der Waals surface area contributed by atoms with Gasteiger partial charge in [-0.3, -0.25) is 9.32 Å². The summed E-state index contributed by atoms with van der Waals surface area (Å²) in [4.78, 5) is 13.6. The van der Waals surface area contributed by atoms with Crippen LogP contribution in [-0.4, -0.2) is 48.3 Å². The summed E-state index contributed by atoms with van der Waals surface area (Å²) in [5.74, 6) is 0.0253. The maximum Gasteiger partial charge on any atom is 0.459 e. The molecule has 0 bridgehead atoms. The lowest BCUT2D eigenvalue weighted by Crippen LogP contribution is -2.37. The normalized spacial score (nSPS) is 22.9. The van der Waals surface area contributed by atoms with Gasteiger partial charge in [0.2, 0.25) is 5.91 Å². The summed E-state index contributed by atoms with van der Waals surface area (Å²) in [6, 6.07) is 8.05. The minimum absolute atomic E-state index is 0.0472. The second-order valence-electron chi connectivity index (χ2n) is 6.15. The quantitative estimate of drug-likeness (QED) is 0.693. The second-order valence-corrected chi connectivity index (χ2v) is 7.84. The lowest BCUT2D eigenvalue weighted by atomic mass is 10.1. The molecular weight excluding hydrogens is 331 g/mol. The van der Waals surface area contributed by atoms with Crippen molar-refractivity contribution in [2.24, 2.45) is 5.92 Å². The van der Waals surface area contributed by atoms with E-state index in [1.807, 2.05) is 6.07 Å². The van der Waals surface area contributed by atoms with Gasteiger partial charge in [-0.1, -0.05) is 25.1 Å². The van der Waals surface area contributed by atoms with Gasteiger partial charge in [-0.05, 0) is 25.5 Å². The van der Waals surface area contributed by atoms with E-state index >= 15 is 0 Å². The molecule has 24 heavy (non-hydrogen) atoms. The van der Waals surface area contributed by atoms with E-state index in [0.717, 1.165) is 0 Å². The fraction of sp³-hybridized carbons (Fsp3) is 0.562. The number of rotatable bonds is 8. The Hall–Kier alpha value is -1.40. The first-order valence-corrected chi connectivity index (χ1v) is 9.55. The molecule has 4 atom stereocenters. The largest absolute Gasteiger partial charge is 0.459 e. The summed E-state index contributed by atoms with van der Waals surface area (Å²) in [6.45, 7) is 4.06. The van der Waals surface area contributed by atoms with Gasteiger partial charge in [-0.15, -0.1) is 0 Å².